The van der Waals surface area contributed by atoms with Gasteiger partial charge in [0.05, 0.1) is 12.6 Å². The SMILES string of the molecule is O=C(Nc1cccc(OCC2CCCO2)c1)c1ccc(Cn2cccn2)cc1. The van der Waals surface area contributed by atoms with Crippen molar-refractivity contribution in [3.8, 4) is 5.75 Å². The molecule has 0 bridgehead atoms. The first-order valence-electron chi connectivity index (χ1n) is 9.48. The summed E-state index contributed by atoms with van der Waals surface area (Å²) in [5.41, 5.74) is 2.40. The summed E-state index contributed by atoms with van der Waals surface area (Å²) in [6.07, 6.45) is 5.95. The van der Waals surface area contributed by atoms with Gasteiger partial charge < -0.3 is 14.8 Å². The number of nitrogens with one attached hydrogen (secondary N) is 1. The lowest BCUT2D eigenvalue weighted by molar-refractivity contribution is 0.0680. The molecule has 0 radical (unpaired) electrons. The Bertz CT molecular complexity index is 901. The second-order valence-corrected chi connectivity index (χ2v) is 6.83. The summed E-state index contributed by atoms with van der Waals surface area (Å²) in [7, 11) is 0. The van der Waals surface area contributed by atoms with Crippen LogP contribution in [0.5, 0.6) is 5.75 Å². The monoisotopic (exact) mass is 377 g/mol. The van der Waals surface area contributed by atoms with Gasteiger partial charge in [0.15, 0.2) is 0 Å². The fourth-order valence-electron chi connectivity index (χ4n) is 3.17. The molecule has 3 aromatic rings. The van der Waals surface area contributed by atoms with Crippen molar-refractivity contribution in [1.82, 2.24) is 9.78 Å². The average Bonchev–Trinajstić information content (AvgIpc) is 3.41. The van der Waals surface area contributed by atoms with Gasteiger partial charge in [-0.1, -0.05) is 18.2 Å². The maximum atomic E-state index is 12.5. The molecule has 0 saturated carbocycles. The van der Waals surface area contributed by atoms with E-state index in [0.29, 0.717) is 24.4 Å². The van der Waals surface area contributed by atoms with Crippen LogP contribution in [0.3, 0.4) is 0 Å². The number of rotatable bonds is 7. The van der Waals surface area contributed by atoms with E-state index >= 15 is 0 Å². The Balaban J connectivity index is 1.34. The molecule has 1 aliphatic rings. The smallest absolute Gasteiger partial charge is 0.255 e. The number of hydrogen-bond donors (Lipinski definition) is 1. The number of carbonyl (C=O) groups excluding carboxylic acids is 1. The second-order valence-electron chi connectivity index (χ2n) is 6.83. The molecular formula is C22H23N3O3. The summed E-state index contributed by atoms with van der Waals surface area (Å²) in [4.78, 5) is 12.5. The van der Waals surface area contributed by atoms with Crippen molar-refractivity contribution in [3.05, 3.63) is 78.1 Å². The van der Waals surface area contributed by atoms with Crippen molar-refractivity contribution in [2.45, 2.75) is 25.5 Å². The third kappa shape index (κ3) is 4.78. The lowest BCUT2D eigenvalue weighted by Crippen LogP contribution is -2.16. The van der Waals surface area contributed by atoms with E-state index in [2.05, 4.69) is 10.4 Å². The Labute approximate surface area is 164 Å². The molecule has 1 unspecified atom stereocenters. The quantitative estimate of drug-likeness (QED) is 0.681. The van der Waals surface area contributed by atoms with Gasteiger partial charge in [-0.25, -0.2) is 0 Å². The Morgan fingerprint density at radius 3 is 2.86 bits per heavy atom. The van der Waals surface area contributed by atoms with Crippen LogP contribution in [0.2, 0.25) is 0 Å². The van der Waals surface area contributed by atoms with E-state index in [1.165, 1.54) is 0 Å². The van der Waals surface area contributed by atoms with Crippen LogP contribution in [-0.4, -0.2) is 35.0 Å². The molecule has 1 fully saturated rings. The summed E-state index contributed by atoms with van der Waals surface area (Å²) in [6.45, 7) is 2.03. The predicted molar refractivity (Wildman–Crippen MR) is 107 cm³/mol. The van der Waals surface area contributed by atoms with Crippen molar-refractivity contribution in [3.63, 3.8) is 0 Å². The van der Waals surface area contributed by atoms with Crippen LogP contribution in [0.1, 0.15) is 28.8 Å². The molecule has 4 rings (SSSR count). The third-order valence-corrected chi connectivity index (χ3v) is 4.67. The van der Waals surface area contributed by atoms with Crippen LogP contribution in [0, 0.1) is 0 Å². The molecule has 0 aliphatic carbocycles. The molecule has 28 heavy (non-hydrogen) atoms. The van der Waals surface area contributed by atoms with E-state index < -0.39 is 0 Å². The number of hydrogen-bond acceptors (Lipinski definition) is 4. The van der Waals surface area contributed by atoms with Crippen molar-refractivity contribution >= 4 is 11.6 Å². The first-order chi connectivity index (χ1) is 13.8. The largest absolute Gasteiger partial charge is 0.491 e. The van der Waals surface area contributed by atoms with E-state index in [-0.39, 0.29) is 12.0 Å². The minimum atomic E-state index is -0.151. The number of nitrogens with zero attached hydrogens (tertiary/aromatic N) is 2. The number of carbonyl (C=O) groups is 1. The maximum absolute atomic E-state index is 12.5. The Morgan fingerprint density at radius 2 is 2.11 bits per heavy atom. The van der Waals surface area contributed by atoms with E-state index in [9.17, 15) is 4.79 Å². The highest BCUT2D eigenvalue weighted by molar-refractivity contribution is 6.04. The second kappa shape index (κ2) is 8.71. The van der Waals surface area contributed by atoms with Gasteiger partial charge in [0.1, 0.15) is 12.4 Å². The van der Waals surface area contributed by atoms with Gasteiger partial charge in [0.25, 0.3) is 5.91 Å². The first kappa shape index (κ1) is 18.3. The molecule has 6 nitrogen and oxygen atoms in total. The highest BCUT2D eigenvalue weighted by Crippen LogP contribution is 2.20. The van der Waals surface area contributed by atoms with Gasteiger partial charge in [-0.3, -0.25) is 9.48 Å². The van der Waals surface area contributed by atoms with Crippen molar-refractivity contribution in [2.75, 3.05) is 18.5 Å². The fraction of sp³-hybridized carbons (Fsp3) is 0.273. The topological polar surface area (TPSA) is 65.4 Å². The normalized spacial score (nSPS) is 16.1. The van der Waals surface area contributed by atoms with Gasteiger partial charge in [-0.05, 0) is 48.7 Å². The van der Waals surface area contributed by atoms with Crippen LogP contribution in [0.25, 0.3) is 0 Å². The predicted octanol–water partition coefficient (Wildman–Crippen LogP) is 3.74. The average molecular weight is 377 g/mol. The van der Waals surface area contributed by atoms with Crippen molar-refractivity contribution in [1.29, 1.82) is 0 Å². The van der Waals surface area contributed by atoms with Crippen LogP contribution in [0.4, 0.5) is 5.69 Å². The molecule has 1 N–H and O–H groups in total. The zero-order chi connectivity index (χ0) is 19.2. The Kier molecular flexibility index (Phi) is 5.68. The lowest BCUT2D eigenvalue weighted by Gasteiger charge is -2.12. The number of anilines is 1. The molecule has 2 aromatic carbocycles. The minimum Gasteiger partial charge on any atom is -0.491 e. The molecule has 144 valence electrons. The summed E-state index contributed by atoms with van der Waals surface area (Å²) >= 11 is 0. The number of ether oxygens (including phenoxy) is 2. The van der Waals surface area contributed by atoms with Gasteiger partial charge in [-0.15, -0.1) is 0 Å². The molecular weight excluding hydrogens is 354 g/mol. The first-order valence-corrected chi connectivity index (χ1v) is 9.48. The highest BCUT2D eigenvalue weighted by atomic mass is 16.5. The molecule has 1 saturated heterocycles. The Morgan fingerprint density at radius 1 is 1.21 bits per heavy atom. The zero-order valence-electron chi connectivity index (χ0n) is 15.6. The standard InChI is InChI=1S/C22H23N3O3/c26-22(18-9-7-17(8-10-18)15-25-12-3-11-23-25)24-19-4-1-5-20(14-19)28-16-21-6-2-13-27-21/h1,3-5,7-12,14,21H,2,6,13,15-16H2,(H,24,26). The summed E-state index contributed by atoms with van der Waals surface area (Å²) in [6, 6.07) is 16.9. The molecule has 1 amide bonds. The molecule has 1 atom stereocenters. The van der Waals surface area contributed by atoms with Crippen molar-refractivity contribution in [2.24, 2.45) is 0 Å². The van der Waals surface area contributed by atoms with E-state index in [4.69, 9.17) is 9.47 Å². The maximum Gasteiger partial charge on any atom is 0.255 e. The molecule has 1 aliphatic heterocycles. The van der Waals surface area contributed by atoms with Crippen LogP contribution >= 0.6 is 0 Å². The van der Waals surface area contributed by atoms with Crippen LogP contribution in [0.15, 0.2) is 67.0 Å². The third-order valence-electron chi connectivity index (χ3n) is 4.67. The van der Waals surface area contributed by atoms with Gasteiger partial charge in [0, 0.05) is 36.3 Å². The molecule has 1 aromatic heterocycles. The van der Waals surface area contributed by atoms with Gasteiger partial charge in [0.2, 0.25) is 0 Å². The van der Waals surface area contributed by atoms with Crippen LogP contribution < -0.4 is 10.1 Å². The summed E-state index contributed by atoms with van der Waals surface area (Å²) in [5, 5.41) is 7.11. The van der Waals surface area contributed by atoms with E-state index in [1.807, 2.05) is 65.5 Å². The van der Waals surface area contributed by atoms with Crippen molar-refractivity contribution < 1.29 is 14.3 Å². The summed E-state index contributed by atoms with van der Waals surface area (Å²) in [5.74, 6) is 0.574. The fourth-order valence-corrected chi connectivity index (χ4v) is 3.17. The Hall–Kier alpha value is -3.12. The molecule has 2 heterocycles. The van der Waals surface area contributed by atoms with Gasteiger partial charge >= 0.3 is 0 Å². The van der Waals surface area contributed by atoms with Crippen LogP contribution in [-0.2, 0) is 11.3 Å². The van der Waals surface area contributed by atoms with E-state index in [0.717, 1.165) is 30.8 Å². The number of benzene rings is 2. The number of aromatic nitrogens is 2. The van der Waals surface area contributed by atoms with Gasteiger partial charge in [-0.2, -0.15) is 5.10 Å². The van der Waals surface area contributed by atoms with E-state index in [1.54, 1.807) is 6.20 Å². The minimum absolute atomic E-state index is 0.151. The lowest BCUT2D eigenvalue weighted by atomic mass is 10.1. The molecule has 0 spiro atoms. The number of amides is 1. The molecule has 6 heteroatoms. The zero-order valence-corrected chi connectivity index (χ0v) is 15.6. The summed E-state index contributed by atoms with van der Waals surface area (Å²) < 4.78 is 13.2. The highest BCUT2D eigenvalue weighted by Gasteiger charge is 2.16.